The number of nitrogens with zero attached hydrogens (tertiary/aromatic N) is 3. The van der Waals surface area contributed by atoms with E-state index in [9.17, 15) is 0 Å². The van der Waals surface area contributed by atoms with Crippen LogP contribution in [0.2, 0.25) is 5.02 Å². The van der Waals surface area contributed by atoms with Gasteiger partial charge in [-0.15, -0.1) is 0 Å². The van der Waals surface area contributed by atoms with Crippen LogP contribution >= 0.6 is 11.6 Å². The van der Waals surface area contributed by atoms with E-state index in [1.54, 1.807) is 6.20 Å². The molecule has 0 saturated heterocycles. The molecular weight excluding hydrogens is 298 g/mol. The van der Waals surface area contributed by atoms with Gasteiger partial charge in [0.05, 0.1) is 12.3 Å². The smallest absolute Gasteiger partial charge is 0.232 e. The summed E-state index contributed by atoms with van der Waals surface area (Å²) in [6.07, 6.45) is 4.39. The van der Waals surface area contributed by atoms with Crippen LogP contribution < -0.4 is 4.74 Å². The number of halogens is 1. The molecule has 0 N–H and O–H groups in total. The van der Waals surface area contributed by atoms with E-state index in [0.717, 1.165) is 23.4 Å². The Hall–Kier alpha value is -1.68. The summed E-state index contributed by atoms with van der Waals surface area (Å²) in [5, 5.41) is 0.505. The molecule has 0 unspecified atom stereocenters. The van der Waals surface area contributed by atoms with E-state index in [2.05, 4.69) is 35.7 Å². The van der Waals surface area contributed by atoms with Crippen molar-refractivity contribution in [1.29, 1.82) is 0 Å². The second kappa shape index (κ2) is 7.54. The Labute approximate surface area is 136 Å². The van der Waals surface area contributed by atoms with Crippen molar-refractivity contribution in [1.82, 2.24) is 15.0 Å². The maximum absolute atomic E-state index is 6.28. The average molecular weight is 320 g/mol. The summed E-state index contributed by atoms with van der Waals surface area (Å²) in [7, 11) is 0. The Morgan fingerprint density at radius 2 is 1.91 bits per heavy atom. The van der Waals surface area contributed by atoms with Gasteiger partial charge in [0.25, 0.3) is 0 Å². The lowest BCUT2D eigenvalue weighted by atomic mass is 10.00. The fourth-order valence-electron chi connectivity index (χ4n) is 2.38. The van der Waals surface area contributed by atoms with Crippen molar-refractivity contribution in [2.75, 3.05) is 6.61 Å². The first-order chi connectivity index (χ1) is 10.5. The van der Waals surface area contributed by atoms with E-state index in [1.807, 2.05) is 19.1 Å². The van der Waals surface area contributed by atoms with Crippen LogP contribution in [-0.2, 0) is 0 Å². The van der Waals surface area contributed by atoms with Gasteiger partial charge in [-0.2, -0.15) is 0 Å². The molecule has 0 aliphatic carbocycles. The van der Waals surface area contributed by atoms with Crippen molar-refractivity contribution in [3.63, 3.8) is 0 Å². The van der Waals surface area contributed by atoms with Crippen molar-refractivity contribution in [3.8, 4) is 17.1 Å². The first-order valence-electron chi connectivity index (χ1n) is 7.53. The normalized spacial score (nSPS) is 12.5. The quantitative estimate of drug-likeness (QED) is 0.783. The summed E-state index contributed by atoms with van der Waals surface area (Å²) in [4.78, 5) is 12.6. The van der Waals surface area contributed by atoms with Crippen molar-refractivity contribution in [2.24, 2.45) is 11.8 Å². The summed E-state index contributed by atoms with van der Waals surface area (Å²) in [6, 6.07) is 3.73. The van der Waals surface area contributed by atoms with Gasteiger partial charge in [-0.25, -0.2) is 15.0 Å². The number of aromatic nitrogens is 3. The lowest BCUT2D eigenvalue weighted by molar-refractivity contribution is 0.231. The Kier molecular flexibility index (Phi) is 5.72. The average Bonchev–Trinajstić information content (AvgIpc) is 2.45. The SMILES string of the molecule is Cc1cc(-c2cnc(OC[C@H](C)CC(C)C)c(Cl)c2)ncn1. The zero-order valence-corrected chi connectivity index (χ0v) is 14.3. The Bertz CT molecular complexity index is 631. The summed E-state index contributed by atoms with van der Waals surface area (Å²) >= 11 is 6.28. The molecule has 118 valence electrons. The van der Waals surface area contributed by atoms with E-state index in [0.29, 0.717) is 29.3 Å². The molecule has 22 heavy (non-hydrogen) atoms. The number of ether oxygens (including phenoxy) is 1. The Balaban J connectivity index is 2.07. The van der Waals surface area contributed by atoms with Gasteiger partial charge in [0, 0.05) is 17.5 Å². The topological polar surface area (TPSA) is 47.9 Å². The minimum absolute atomic E-state index is 0.474. The standard InChI is InChI=1S/C17H22ClN3O/c1-11(2)5-12(3)9-22-17-15(18)7-14(8-19-17)16-6-13(4)20-10-21-16/h6-8,10-12H,5,9H2,1-4H3/t12-/m1/s1. The maximum atomic E-state index is 6.28. The molecule has 0 saturated carbocycles. The van der Waals surface area contributed by atoms with Crippen LogP contribution in [0.3, 0.4) is 0 Å². The third kappa shape index (κ3) is 4.67. The maximum Gasteiger partial charge on any atom is 0.232 e. The van der Waals surface area contributed by atoms with Crippen molar-refractivity contribution in [2.45, 2.75) is 34.1 Å². The largest absolute Gasteiger partial charge is 0.476 e. The summed E-state index contributed by atoms with van der Waals surface area (Å²) in [5.74, 6) is 1.61. The van der Waals surface area contributed by atoms with E-state index in [-0.39, 0.29) is 0 Å². The molecule has 0 radical (unpaired) electrons. The van der Waals surface area contributed by atoms with E-state index < -0.39 is 0 Å². The Morgan fingerprint density at radius 1 is 1.14 bits per heavy atom. The summed E-state index contributed by atoms with van der Waals surface area (Å²) in [5.41, 5.74) is 2.57. The number of rotatable bonds is 6. The Morgan fingerprint density at radius 3 is 2.55 bits per heavy atom. The third-order valence-corrected chi connectivity index (χ3v) is 3.56. The second-order valence-electron chi connectivity index (χ2n) is 6.10. The van der Waals surface area contributed by atoms with Gasteiger partial charge in [-0.3, -0.25) is 0 Å². The molecule has 2 rings (SSSR count). The number of hydrogen-bond donors (Lipinski definition) is 0. The van der Waals surface area contributed by atoms with Crippen molar-refractivity contribution in [3.05, 3.63) is 35.4 Å². The van der Waals surface area contributed by atoms with Crippen LogP contribution in [-0.4, -0.2) is 21.6 Å². The van der Waals surface area contributed by atoms with Crippen LogP contribution in [0.5, 0.6) is 5.88 Å². The highest BCUT2D eigenvalue weighted by Crippen LogP contribution is 2.27. The van der Waals surface area contributed by atoms with Crippen LogP contribution in [0.4, 0.5) is 0 Å². The molecule has 0 bridgehead atoms. The van der Waals surface area contributed by atoms with Gasteiger partial charge in [0.2, 0.25) is 5.88 Å². The van der Waals surface area contributed by atoms with Crippen molar-refractivity contribution < 1.29 is 4.74 Å². The highest BCUT2D eigenvalue weighted by molar-refractivity contribution is 6.32. The first-order valence-corrected chi connectivity index (χ1v) is 7.91. The lowest BCUT2D eigenvalue weighted by Gasteiger charge is -2.15. The molecule has 1 atom stereocenters. The summed E-state index contributed by atoms with van der Waals surface area (Å²) in [6.45, 7) is 9.14. The predicted octanol–water partition coefficient (Wildman–Crippen LogP) is 4.56. The van der Waals surface area contributed by atoms with E-state index in [1.165, 1.54) is 6.33 Å². The van der Waals surface area contributed by atoms with Gasteiger partial charge in [-0.05, 0) is 37.3 Å². The number of pyridine rings is 1. The zero-order valence-electron chi connectivity index (χ0n) is 13.5. The van der Waals surface area contributed by atoms with Crippen LogP contribution in [0.1, 0.15) is 32.9 Å². The van der Waals surface area contributed by atoms with Gasteiger partial charge in [0.15, 0.2) is 0 Å². The molecule has 0 aliphatic heterocycles. The molecule has 2 heterocycles. The molecule has 2 aromatic rings. The van der Waals surface area contributed by atoms with Gasteiger partial charge >= 0.3 is 0 Å². The number of hydrogen-bond acceptors (Lipinski definition) is 4. The van der Waals surface area contributed by atoms with Crippen LogP contribution in [0.25, 0.3) is 11.3 Å². The predicted molar refractivity (Wildman–Crippen MR) is 89.1 cm³/mol. The van der Waals surface area contributed by atoms with Gasteiger partial charge in [0.1, 0.15) is 11.3 Å². The number of aryl methyl sites for hydroxylation is 1. The van der Waals surface area contributed by atoms with Gasteiger partial charge < -0.3 is 4.74 Å². The van der Waals surface area contributed by atoms with Crippen LogP contribution in [0.15, 0.2) is 24.7 Å². The zero-order chi connectivity index (χ0) is 16.1. The molecule has 0 fully saturated rings. The first kappa shape index (κ1) is 16.7. The molecule has 0 amide bonds. The van der Waals surface area contributed by atoms with Crippen LogP contribution in [0, 0.1) is 18.8 Å². The van der Waals surface area contributed by atoms with Crippen molar-refractivity contribution >= 4 is 11.6 Å². The summed E-state index contributed by atoms with van der Waals surface area (Å²) < 4.78 is 5.74. The minimum atomic E-state index is 0.474. The molecule has 0 spiro atoms. The van der Waals surface area contributed by atoms with E-state index in [4.69, 9.17) is 16.3 Å². The molecule has 5 heteroatoms. The molecule has 2 aromatic heterocycles. The lowest BCUT2D eigenvalue weighted by Crippen LogP contribution is -2.11. The molecule has 0 aromatic carbocycles. The fraction of sp³-hybridized carbons (Fsp3) is 0.471. The van der Waals surface area contributed by atoms with Gasteiger partial charge in [-0.1, -0.05) is 32.4 Å². The molecule has 4 nitrogen and oxygen atoms in total. The molecule has 0 aliphatic rings. The highest BCUT2D eigenvalue weighted by atomic mass is 35.5. The highest BCUT2D eigenvalue weighted by Gasteiger charge is 2.11. The second-order valence-corrected chi connectivity index (χ2v) is 6.51. The molecular formula is C17H22ClN3O. The third-order valence-electron chi connectivity index (χ3n) is 3.29. The minimum Gasteiger partial charge on any atom is -0.476 e. The fourth-order valence-corrected chi connectivity index (χ4v) is 2.60. The van der Waals surface area contributed by atoms with E-state index >= 15 is 0 Å². The monoisotopic (exact) mass is 319 g/mol.